The lowest BCUT2D eigenvalue weighted by Gasteiger charge is -2.44. The minimum atomic E-state index is 0.0867. The Morgan fingerprint density at radius 1 is 0.821 bits per heavy atom. The van der Waals surface area contributed by atoms with Crippen LogP contribution in [0.1, 0.15) is 48.9 Å². The summed E-state index contributed by atoms with van der Waals surface area (Å²) in [5.41, 5.74) is 2.30. The van der Waals surface area contributed by atoms with Crippen LogP contribution in [-0.2, 0) is 0 Å². The predicted octanol–water partition coefficient (Wildman–Crippen LogP) is 6.15. The average Bonchev–Trinajstić information content (AvgIpc) is 3.32. The van der Waals surface area contributed by atoms with Crippen molar-refractivity contribution < 1.29 is 0 Å². The highest BCUT2D eigenvalue weighted by Crippen LogP contribution is 2.49. The summed E-state index contributed by atoms with van der Waals surface area (Å²) in [5, 5.41) is 1.62. The zero-order valence-corrected chi connectivity index (χ0v) is 17.1. The molecule has 0 amide bonds. The number of hydrogen-bond donors (Lipinski definition) is 0. The van der Waals surface area contributed by atoms with Gasteiger partial charge in [-0.15, -0.1) is 0 Å². The summed E-state index contributed by atoms with van der Waals surface area (Å²) in [6.07, 6.45) is 10.7. The normalized spacial score (nSPS) is 24.8. The van der Waals surface area contributed by atoms with E-state index in [9.17, 15) is 0 Å². The highest BCUT2D eigenvalue weighted by Gasteiger charge is 2.45. The van der Waals surface area contributed by atoms with Gasteiger partial charge in [0, 0.05) is 40.6 Å². The molecule has 2 bridgehead atoms. The lowest BCUT2D eigenvalue weighted by atomic mass is 9.89. The van der Waals surface area contributed by atoms with Crippen molar-refractivity contribution in [2.45, 2.75) is 49.9 Å². The number of fused-ring (bicyclic) bond motifs is 2. The molecule has 0 saturated carbocycles. The van der Waals surface area contributed by atoms with Crippen molar-refractivity contribution in [3.8, 4) is 0 Å². The van der Waals surface area contributed by atoms with Crippen molar-refractivity contribution >= 4 is 23.2 Å². The standard InChI is InChI=1S/C23H23Cl2N3/c24-21-7-3-1-5-19(21)23(20-6-2-4-8-22(20)25)28-16-9-10-17(28)14-18(13-16)27-12-11-26-15-27/h1-8,11-12,15-18,23H,9-10,13-14H2. The molecule has 28 heavy (non-hydrogen) atoms. The van der Waals surface area contributed by atoms with Crippen LogP contribution in [0, 0.1) is 0 Å². The molecule has 2 aromatic carbocycles. The number of hydrogen-bond acceptors (Lipinski definition) is 2. The number of imidazole rings is 1. The third-order valence-corrected chi connectivity index (χ3v) is 7.10. The molecule has 0 aliphatic carbocycles. The van der Waals surface area contributed by atoms with E-state index in [1.807, 2.05) is 36.8 Å². The van der Waals surface area contributed by atoms with Crippen molar-refractivity contribution in [2.75, 3.05) is 0 Å². The number of nitrogens with zero attached hydrogens (tertiary/aromatic N) is 3. The lowest BCUT2D eigenvalue weighted by Crippen LogP contribution is -2.45. The minimum absolute atomic E-state index is 0.0867. The molecule has 3 nitrogen and oxygen atoms in total. The van der Waals surface area contributed by atoms with Crippen molar-refractivity contribution in [3.63, 3.8) is 0 Å². The summed E-state index contributed by atoms with van der Waals surface area (Å²) in [5.74, 6) is 0. The van der Waals surface area contributed by atoms with Crippen molar-refractivity contribution in [2.24, 2.45) is 0 Å². The summed E-state index contributed by atoms with van der Waals surface area (Å²) in [6.45, 7) is 0. The lowest BCUT2D eigenvalue weighted by molar-refractivity contribution is 0.0772. The maximum atomic E-state index is 6.68. The largest absolute Gasteiger partial charge is 0.334 e. The molecular weight excluding hydrogens is 389 g/mol. The molecule has 2 aliphatic heterocycles. The van der Waals surface area contributed by atoms with E-state index in [-0.39, 0.29) is 6.04 Å². The SMILES string of the molecule is Clc1ccccc1C(c1ccccc1Cl)N1C2CCC1CC(n1ccnc1)C2. The first-order chi connectivity index (χ1) is 13.7. The van der Waals surface area contributed by atoms with Gasteiger partial charge in [-0.1, -0.05) is 59.6 Å². The van der Waals surface area contributed by atoms with Crippen LogP contribution in [0.25, 0.3) is 0 Å². The molecule has 0 N–H and O–H groups in total. The smallest absolute Gasteiger partial charge is 0.0948 e. The first kappa shape index (κ1) is 18.2. The van der Waals surface area contributed by atoms with Crippen molar-refractivity contribution in [3.05, 3.63) is 88.4 Å². The van der Waals surface area contributed by atoms with Crippen LogP contribution in [0.15, 0.2) is 67.3 Å². The van der Waals surface area contributed by atoms with E-state index in [1.165, 1.54) is 12.8 Å². The second kappa shape index (κ2) is 7.55. The second-order valence-electron chi connectivity index (χ2n) is 7.91. The van der Waals surface area contributed by atoms with Crippen LogP contribution in [-0.4, -0.2) is 26.5 Å². The summed E-state index contributed by atoms with van der Waals surface area (Å²) < 4.78 is 2.28. The molecule has 2 fully saturated rings. The number of rotatable bonds is 4. The Hall–Kier alpha value is -1.81. The molecule has 0 spiro atoms. The third kappa shape index (κ3) is 3.16. The van der Waals surface area contributed by atoms with Gasteiger partial charge in [-0.25, -0.2) is 4.98 Å². The average molecular weight is 412 g/mol. The maximum Gasteiger partial charge on any atom is 0.0948 e. The van der Waals surface area contributed by atoms with Gasteiger partial charge in [-0.3, -0.25) is 4.90 Å². The molecule has 1 aromatic heterocycles. The minimum Gasteiger partial charge on any atom is -0.334 e. The first-order valence-corrected chi connectivity index (χ1v) is 10.7. The highest BCUT2D eigenvalue weighted by molar-refractivity contribution is 6.32. The van der Waals surface area contributed by atoms with E-state index in [0.717, 1.165) is 34.0 Å². The Balaban J connectivity index is 1.56. The van der Waals surface area contributed by atoms with Crippen LogP contribution in [0.5, 0.6) is 0 Å². The van der Waals surface area contributed by atoms with Gasteiger partial charge in [0.05, 0.1) is 12.4 Å². The Morgan fingerprint density at radius 2 is 1.39 bits per heavy atom. The molecule has 3 aromatic rings. The summed E-state index contributed by atoms with van der Waals surface area (Å²) in [7, 11) is 0. The topological polar surface area (TPSA) is 21.1 Å². The van der Waals surface area contributed by atoms with E-state index in [1.54, 1.807) is 0 Å². The molecule has 144 valence electrons. The van der Waals surface area contributed by atoms with Crippen molar-refractivity contribution in [1.29, 1.82) is 0 Å². The van der Waals surface area contributed by atoms with Gasteiger partial charge in [0.1, 0.15) is 0 Å². The van der Waals surface area contributed by atoms with Crippen LogP contribution >= 0.6 is 23.2 Å². The Kier molecular flexibility index (Phi) is 4.92. The fourth-order valence-corrected chi connectivity index (χ4v) is 5.70. The molecule has 2 saturated heterocycles. The van der Waals surface area contributed by atoms with Gasteiger partial charge in [-0.05, 0) is 48.9 Å². The third-order valence-electron chi connectivity index (χ3n) is 6.41. The molecule has 2 atom stereocenters. The van der Waals surface area contributed by atoms with E-state index in [0.29, 0.717) is 18.1 Å². The fraction of sp³-hybridized carbons (Fsp3) is 0.348. The Bertz CT molecular complexity index is 896. The number of benzene rings is 2. The summed E-state index contributed by atoms with van der Waals surface area (Å²) in [6, 6.07) is 18.1. The zero-order chi connectivity index (χ0) is 19.1. The van der Waals surface area contributed by atoms with Gasteiger partial charge >= 0.3 is 0 Å². The molecule has 0 radical (unpaired) electrons. The molecule has 3 heterocycles. The highest BCUT2D eigenvalue weighted by atomic mass is 35.5. The summed E-state index contributed by atoms with van der Waals surface area (Å²) >= 11 is 13.4. The predicted molar refractivity (Wildman–Crippen MR) is 114 cm³/mol. The van der Waals surface area contributed by atoms with Crippen molar-refractivity contribution in [1.82, 2.24) is 14.5 Å². The second-order valence-corrected chi connectivity index (χ2v) is 8.73. The number of aromatic nitrogens is 2. The zero-order valence-electron chi connectivity index (χ0n) is 15.6. The first-order valence-electron chi connectivity index (χ1n) is 9.96. The summed E-state index contributed by atoms with van der Waals surface area (Å²) in [4.78, 5) is 6.95. The molecule has 5 rings (SSSR count). The quantitative estimate of drug-likeness (QED) is 0.513. The maximum absolute atomic E-state index is 6.68. The van der Waals surface area contributed by atoms with E-state index in [2.05, 4.69) is 44.9 Å². The Morgan fingerprint density at radius 3 is 1.89 bits per heavy atom. The van der Waals surface area contributed by atoms with Gasteiger partial charge in [0.25, 0.3) is 0 Å². The van der Waals surface area contributed by atoms with Crippen LogP contribution in [0.2, 0.25) is 10.0 Å². The van der Waals surface area contributed by atoms with Crippen LogP contribution in [0.3, 0.4) is 0 Å². The Labute approximate surface area is 175 Å². The van der Waals surface area contributed by atoms with E-state index >= 15 is 0 Å². The van der Waals surface area contributed by atoms with Crippen LogP contribution < -0.4 is 0 Å². The fourth-order valence-electron chi connectivity index (χ4n) is 5.22. The number of piperidine rings is 1. The molecule has 2 unspecified atom stereocenters. The van der Waals surface area contributed by atoms with Gasteiger partial charge < -0.3 is 4.57 Å². The molecular formula is C23H23Cl2N3. The van der Waals surface area contributed by atoms with Gasteiger partial charge in [0.15, 0.2) is 0 Å². The molecule has 5 heteroatoms. The monoisotopic (exact) mass is 411 g/mol. The van der Waals surface area contributed by atoms with Gasteiger partial charge in [-0.2, -0.15) is 0 Å². The molecule has 2 aliphatic rings. The number of halogens is 2. The van der Waals surface area contributed by atoms with E-state index < -0.39 is 0 Å². The van der Waals surface area contributed by atoms with Gasteiger partial charge in [0.2, 0.25) is 0 Å². The van der Waals surface area contributed by atoms with E-state index in [4.69, 9.17) is 23.2 Å². The van der Waals surface area contributed by atoms with Crippen LogP contribution in [0.4, 0.5) is 0 Å².